The number of phenols is 2. The predicted octanol–water partition coefficient (Wildman–Crippen LogP) is 3.98. The van der Waals surface area contributed by atoms with Gasteiger partial charge in [0.1, 0.15) is 0 Å². The molecule has 146 valence electrons. The first kappa shape index (κ1) is 21.4. The van der Waals surface area contributed by atoms with Gasteiger partial charge < -0.3 is 10.2 Å². The van der Waals surface area contributed by atoms with E-state index in [1.165, 1.54) is 36.7 Å². The van der Waals surface area contributed by atoms with E-state index in [1.54, 1.807) is 0 Å². The Balaban J connectivity index is 2.06. The van der Waals surface area contributed by atoms with Gasteiger partial charge in [0.05, 0.1) is 22.9 Å². The fraction of sp³-hybridized carbons (Fsp3) is 0.125. The van der Waals surface area contributed by atoms with Crippen LogP contribution in [0.25, 0.3) is 0 Å². The van der Waals surface area contributed by atoms with Crippen molar-refractivity contribution >= 4 is 55.7 Å². The predicted molar refractivity (Wildman–Crippen MR) is 110 cm³/mol. The van der Waals surface area contributed by atoms with E-state index in [4.69, 9.17) is 0 Å². The molecule has 12 heteroatoms. The molecule has 0 amide bonds. The maximum atomic E-state index is 10.9. The second-order valence-corrected chi connectivity index (χ2v) is 7.14. The molecular weight excluding hydrogens is 504 g/mol. The Morgan fingerprint density at radius 3 is 1.50 bits per heavy atom. The minimum Gasteiger partial charge on any atom is -0.502 e. The molecule has 0 atom stereocenters. The van der Waals surface area contributed by atoms with E-state index in [2.05, 4.69) is 41.8 Å². The average Bonchev–Trinajstić information content (AvgIpc) is 2.62. The summed E-state index contributed by atoms with van der Waals surface area (Å²) in [6.45, 7) is 0.375. The normalized spacial score (nSPS) is 11.4. The van der Waals surface area contributed by atoms with Gasteiger partial charge in [-0.3, -0.25) is 30.2 Å². The minimum atomic E-state index is -0.703. The number of hydrogen-bond acceptors (Lipinski definition) is 8. The number of aromatic hydroxyl groups is 2. The highest BCUT2D eigenvalue weighted by Gasteiger charge is 2.18. The molecule has 2 N–H and O–H groups in total. The average molecular weight is 516 g/mol. The highest BCUT2D eigenvalue weighted by Crippen LogP contribution is 2.33. The Kier molecular flexibility index (Phi) is 7.18. The van der Waals surface area contributed by atoms with Gasteiger partial charge in [0.15, 0.2) is 0 Å². The van der Waals surface area contributed by atoms with Crippen molar-refractivity contribution in [3.8, 4) is 11.5 Å². The van der Waals surface area contributed by atoms with Crippen molar-refractivity contribution < 1.29 is 20.1 Å². The van der Waals surface area contributed by atoms with Crippen LogP contribution >= 0.6 is 31.9 Å². The molecule has 0 unspecified atom stereocenters. The molecule has 0 saturated carbocycles. The summed E-state index contributed by atoms with van der Waals surface area (Å²) in [4.78, 5) is 28.4. The zero-order chi connectivity index (χ0) is 20.8. The van der Waals surface area contributed by atoms with E-state index < -0.39 is 32.7 Å². The second-order valence-electron chi connectivity index (χ2n) is 5.31. The summed E-state index contributed by atoms with van der Waals surface area (Å²) in [5.74, 6) is -0.987. The Hall–Kier alpha value is -2.86. The largest absolute Gasteiger partial charge is 0.502 e. The van der Waals surface area contributed by atoms with E-state index in [0.29, 0.717) is 8.95 Å². The van der Waals surface area contributed by atoms with Gasteiger partial charge in [-0.05, 0) is 12.1 Å². The topological polar surface area (TPSA) is 151 Å². The van der Waals surface area contributed by atoms with Crippen LogP contribution in [0.1, 0.15) is 11.1 Å². The second kappa shape index (κ2) is 9.37. The first-order valence-electron chi connectivity index (χ1n) is 7.54. The molecular formula is C16H12Br2N4O6. The molecule has 28 heavy (non-hydrogen) atoms. The Morgan fingerprint density at radius 1 is 0.821 bits per heavy atom. The highest BCUT2D eigenvalue weighted by atomic mass is 79.9. The molecule has 2 aromatic carbocycles. The SMILES string of the molecule is O=[N+]([O-])c1cc(Br)cc(C=NCCN=Cc2cc(Br)cc([N+](=O)[O-])c2O)c1O. The van der Waals surface area contributed by atoms with Crippen molar-refractivity contribution in [1.82, 2.24) is 0 Å². The van der Waals surface area contributed by atoms with Crippen molar-refractivity contribution in [2.75, 3.05) is 13.1 Å². The lowest BCUT2D eigenvalue weighted by molar-refractivity contribution is -0.386. The standard InChI is InChI=1S/C16H12Br2N4O6/c17-11-3-9(15(23)13(5-11)21(25)26)7-19-1-2-20-8-10-4-12(18)6-14(16(10)24)22(27)28/h3-8,23-24H,1-2H2. The number of nitrogens with zero attached hydrogens (tertiary/aromatic N) is 4. The summed E-state index contributed by atoms with van der Waals surface area (Å²) in [7, 11) is 0. The minimum absolute atomic E-state index is 0.172. The van der Waals surface area contributed by atoms with E-state index in [1.807, 2.05) is 0 Å². The van der Waals surface area contributed by atoms with Crippen LogP contribution in [0.5, 0.6) is 11.5 Å². The van der Waals surface area contributed by atoms with E-state index in [9.17, 15) is 30.4 Å². The van der Waals surface area contributed by atoms with Gasteiger partial charge in [-0.15, -0.1) is 0 Å². The van der Waals surface area contributed by atoms with Crippen LogP contribution in [0.15, 0.2) is 43.2 Å². The van der Waals surface area contributed by atoms with Crippen molar-refractivity contribution in [2.45, 2.75) is 0 Å². The summed E-state index contributed by atoms with van der Waals surface area (Å²) in [6, 6.07) is 5.32. The van der Waals surface area contributed by atoms with Gasteiger partial charge in [-0.1, -0.05) is 31.9 Å². The molecule has 0 spiro atoms. The van der Waals surface area contributed by atoms with Crippen LogP contribution < -0.4 is 0 Å². The number of benzene rings is 2. The lowest BCUT2D eigenvalue weighted by Crippen LogP contribution is -1.95. The van der Waals surface area contributed by atoms with E-state index in [0.717, 1.165) is 0 Å². The van der Waals surface area contributed by atoms with Gasteiger partial charge in [-0.2, -0.15) is 0 Å². The molecule has 0 saturated heterocycles. The number of halogens is 2. The van der Waals surface area contributed by atoms with Crippen LogP contribution in [0.3, 0.4) is 0 Å². The smallest absolute Gasteiger partial charge is 0.312 e. The third-order valence-corrected chi connectivity index (χ3v) is 4.30. The van der Waals surface area contributed by atoms with E-state index >= 15 is 0 Å². The fourth-order valence-corrected chi connectivity index (χ4v) is 3.05. The maximum Gasteiger partial charge on any atom is 0.312 e. The molecule has 10 nitrogen and oxygen atoms in total. The number of aliphatic imine (C=N–C) groups is 2. The van der Waals surface area contributed by atoms with Crippen LogP contribution in [0.4, 0.5) is 11.4 Å². The van der Waals surface area contributed by atoms with Crippen LogP contribution in [0.2, 0.25) is 0 Å². The molecule has 0 bridgehead atoms. The molecule has 0 radical (unpaired) electrons. The number of phenolic OH excluding ortho intramolecular Hbond substituents is 2. The lowest BCUT2D eigenvalue weighted by Gasteiger charge is -2.02. The van der Waals surface area contributed by atoms with Crippen LogP contribution in [-0.4, -0.2) is 45.6 Å². The monoisotopic (exact) mass is 514 g/mol. The Bertz CT molecular complexity index is 914. The summed E-state index contributed by atoms with van der Waals surface area (Å²) in [5, 5.41) is 41.6. The molecule has 0 aliphatic heterocycles. The molecule has 0 fully saturated rings. The van der Waals surface area contributed by atoms with Crippen molar-refractivity contribution in [3.05, 3.63) is 64.6 Å². The summed E-state index contributed by atoms with van der Waals surface area (Å²) < 4.78 is 0.839. The molecule has 0 aliphatic rings. The first-order valence-corrected chi connectivity index (χ1v) is 9.12. The highest BCUT2D eigenvalue weighted by molar-refractivity contribution is 9.10. The maximum absolute atomic E-state index is 10.9. The first-order chi connectivity index (χ1) is 13.2. The summed E-state index contributed by atoms with van der Waals surface area (Å²) in [6.07, 6.45) is 2.56. The molecule has 0 aliphatic carbocycles. The molecule has 0 aromatic heterocycles. The number of rotatable bonds is 7. The van der Waals surface area contributed by atoms with Gasteiger partial charge in [0.25, 0.3) is 0 Å². The van der Waals surface area contributed by atoms with Crippen LogP contribution in [0, 0.1) is 20.2 Å². The third kappa shape index (κ3) is 5.33. The van der Waals surface area contributed by atoms with Crippen LogP contribution in [-0.2, 0) is 0 Å². The Labute approximate surface area is 174 Å². The zero-order valence-electron chi connectivity index (χ0n) is 14.0. The van der Waals surface area contributed by atoms with Crippen molar-refractivity contribution in [3.63, 3.8) is 0 Å². The van der Waals surface area contributed by atoms with E-state index in [-0.39, 0.29) is 24.2 Å². The van der Waals surface area contributed by atoms with Gasteiger partial charge in [0, 0.05) is 44.6 Å². The fourth-order valence-electron chi connectivity index (χ4n) is 2.13. The third-order valence-electron chi connectivity index (χ3n) is 3.38. The molecule has 0 heterocycles. The Morgan fingerprint density at radius 2 is 1.18 bits per heavy atom. The number of hydrogen-bond donors (Lipinski definition) is 2. The van der Waals surface area contributed by atoms with Gasteiger partial charge in [0.2, 0.25) is 11.5 Å². The number of nitro groups is 2. The molecule has 2 aromatic rings. The van der Waals surface area contributed by atoms with Crippen molar-refractivity contribution in [2.24, 2.45) is 9.98 Å². The lowest BCUT2D eigenvalue weighted by atomic mass is 10.2. The van der Waals surface area contributed by atoms with Crippen molar-refractivity contribution in [1.29, 1.82) is 0 Å². The van der Waals surface area contributed by atoms with Gasteiger partial charge >= 0.3 is 11.4 Å². The zero-order valence-corrected chi connectivity index (χ0v) is 17.1. The molecule has 2 rings (SSSR count). The quantitative estimate of drug-likeness (QED) is 0.246. The summed E-state index contributed by atoms with van der Waals surface area (Å²) in [5.41, 5.74) is -0.545. The van der Waals surface area contributed by atoms with Gasteiger partial charge in [-0.25, -0.2) is 0 Å². The summed E-state index contributed by atoms with van der Waals surface area (Å²) >= 11 is 6.26. The number of nitro benzene ring substituents is 2.